The van der Waals surface area contributed by atoms with Gasteiger partial charge in [-0.15, -0.1) is 0 Å². The number of benzene rings is 1. The van der Waals surface area contributed by atoms with Crippen LogP contribution in [-0.4, -0.2) is 25.8 Å². The molecule has 1 unspecified atom stereocenters. The van der Waals surface area contributed by atoms with E-state index < -0.39 is 0 Å². The van der Waals surface area contributed by atoms with Crippen molar-refractivity contribution in [3.63, 3.8) is 0 Å². The van der Waals surface area contributed by atoms with Crippen LogP contribution in [0.25, 0.3) is 0 Å². The fourth-order valence-electron chi connectivity index (χ4n) is 1.56. The third kappa shape index (κ3) is 4.07. The fourth-order valence-corrected chi connectivity index (χ4v) is 1.56. The molecule has 0 aliphatic rings. The molecular weight excluding hydrogens is 216 g/mol. The first-order chi connectivity index (χ1) is 8.04. The van der Waals surface area contributed by atoms with Crippen LogP contribution in [0.15, 0.2) is 18.2 Å². The van der Waals surface area contributed by atoms with Gasteiger partial charge in [-0.2, -0.15) is 0 Å². The normalized spacial score (nSPS) is 12.0. The van der Waals surface area contributed by atoms with E-state index in [2.05, 4.69) is 10.6 Å². The molecule has 0 heterocycles. The molecule has 1 aromatic carbocycles. The zero-order chi connectivity index (χ0) is 12.8. The summed E-state index contributed by atoms with van der Waals surface area (Å²) in [5, 5.41) is 5.64. The standard InChI is InChI=1S/C13H20N2O2/c1-9-6-5-7-12(11(9)3)15-13(16)14-10(2)8-17-4/h5-7,10H,8H2,1-4H3,(H2,14,15,16). The number of hydrogen-bond donors (Lipinski definition) is 2. The minimum absolute atomic E-state index is 0.00915. The van der Waals surface area contributed by atoms with Crippen LogP contribution in [0.1, 0.15) is 18.1 Å². The van der Waals surface area contributed by atoms with E-state index in [1.165, 1.54) is 0 Å². The summed E-state index contributed by atoms with van der Waals surface area (Å²) in [5.74, 6) is 0. The molecule has 1 atom stereocenters. The van der Waals surface area contributed by atoms with Gasteiger partial charge in [0, 0.05) is 12.8 Å². The van der Waals surface area contributed by atoms with Crippen molar-refractivity contribution in [1.29, 1.82) is 0 Å². The average Bonchev–Trinajstić information content (AvgIpc) is 2.25. The van der Waals surface area contributed by atoms with Gasteiger partial charge in [0.15, 0.2) is 0 Å². The molecule has 0 aliphatic carbocycles. The highest BCUT2D eigenvalue weighted by atomic mass is 16.5. The maximum Gasteiger partial charge on any atom is 0.319 e. The van der Waals surface area contributed by atoms with Crippen LogP contribution in [0.5, 0.6) is 0 Å². The number of urea groups is 1. The number of carbonyl (C=O) groups is 1. The van der Waals surface area contributed by atoms with Crippen LogP contribution in [0.4, 0.5) is 10.5 Å². The largest absolute Gasteiger partial charge is 0.383 e. The predicted molar refractivity (Wildman–Crippen MR) is 69.4 cm³/mol. The van der Waals surface area contributed by atoms with Crippen LogP contribution < -0.4 is 10.6 Å². The van der Waals surface area contributed by atoms with Crippen LogP contribution in [0, 0.1) is 13.8 Å². The minimum atomic E-state index is -0.205. The molecule has 0 aromatic heterocycles. The highest BCUT2D eigenvalue weighted by Crippen LogP contribution is 2.17. The Hall–Kier alpha value is -1.55. The Morgan fingerprint density at radius 2 is 2.12 bits per heavy atom. The summed E-state index contributed by atoms with van der Waals surface area (Å²) in [5.41, 5.74) is 3.09. The molecule has 4 nitrogen and oxygen atoms in total. The topological polar surface area (TPSA) is 50.4 Å². The van der Waals surface area contributed by atoms with Gasteiger partial charge in [-0.05, 0) is 38.0 Å². The van der Waals surface area contributed by atoms with Crippen LogP contribution in [0.2, 0.25) is 0 Å². The second-order valence-electron chi connectivity index (χ2n) is 4.20. The number of rotatable bonds is 4. The van der Waals surface area contributed by atoms with E-state index in [0.717, 1.165) is 16.8 Å². The second kappa shape index (κ2) is 6.25. The Kier molecular flexibility index (Phi) is 4.97. The molecule has 0 fully saturated rings. The molecule has 0 bridgehead atoms. The number of hydrogen-bond acceptors (Lipinski definition) is 2. The third-order valence-electron chi connectivity index (χ3n) is 2.65. The van der Waals surface area contributed by atoms with Crippen molar-refractivity contribution in [2.75, 3.05) is 19.0 Å². The number of nitrogens with one attached hydrogen (secondary N) is 2. The number of methoxy groups -OCH3 is 1. The zero-order valence-corrected chi connectivity index (χ0v) is 10.8. The molecule has 0 saturated carbocycles. The van der Waals surface area contributed by atoms with Crippen molar-refractivity contribution in [2.45, 2.75) is 26.8 Å². The van der Waals surface area contributed by atoms with Gasteiger partial charge in [0.1, 0.15) is 0 Å². The van der Waals surface area contributed by atoms with E-state index in [1.54, 1.807) is 7.11 Å². The van der Waals surface area contributed by atoms with E-state index in [0.29, 0.717) is 6.61 Å². The van der Waals surface area contributed by atoms with Gasteiger partial charge < -0.3 is 15.4 Å². The number of amides is 2. The quantitative estimate of drug-likeness (QED) is 0.843. The van der Waals surface area contributed by atoms with Crippen molar-refractivity contribution in [3.05, 3.63) is 29.3 Å². The summed E-state index contributed by atoms with van der Waals surface area (Å²) < 4.78 is 4.96. The van der Waals surface area contributed by atoms with Crippen molar-refractivity contribution in [3.8, 4) is 0 Å². The molecule has 0 spiro atoms. The summed E-state index contributed by atoms with van der Waals surface area (Å²) >= 11 is 0. The molecule has 2 N–H and O–H groups in total. The molecule has 2 amide bonds. The van der Waals surface area contributed by atoms with Gasteiger partial charge >= 0.3 is 6.03 Å². The lowest BCUT2D eigenvalue weighted by Crippen LogP contribution is -2.38. The Bertz CT molecular complexity index is 391. The number of anilines is 1. The smallest absolute Gasteiger partial charge is 0.319 e. The van der Waals surface area contributed by atoms with E-state index >= 15 is 0 Å². The van der Waals surface area contributed by atoms with Gasteiger partial charge in [0.25, 0.3) is 0 Å². The second-order valence-corrected chi connectivity index (χ2v) is 4.20. The molecule has 4 heteroatoms. The summed E-state index contributed by atoms with van der Waals surface area (Å²) in [6, 6.07) is 5.62. The maximum absolute atomic E-state index is 11.7. The molecule has 1 rings (SSSR count). The molecule has 0 radical (unpaired) electrons. The van der Waals surface area contributed by atoms with Gasteiger partial charge in [-0.25, -0.2) is 4.79 Å². The number of ether oxygens (including phenoxy) is 1. The Labute approximate surface area is 102 Å². The van der Waals surface area contributed by atoms with Crippen LogP contribution in [0.3, 0.4) is 0 Å². The predicted octanol–water partition coefficient (Wildman–Crippen LogP) is 2.46. The van der Waals surface area contributed by atoms with E-state index in [9.17, 15) is 4.79 Å². The maximum atomic E-state index is 11.7. The Balaban J connectivity index is 2.59. The lowest BCUT2D eigenvalue weighted by Gasteiger charge is -2.15. The summed E-state index contributed by atoms with van der Waals surface area (Å²) in [6.07, 6.45) is 0. The van der Waals surface area contributed by atoms with E-state index in [4.69, 9.17) is 4.74 Å². The highest BCUT2D eigenvalue weighted by Gasteiger charge is 2.08. The van der Waals surface area contributed by atoms with Crippen LogP contribution >= 0.6 is 0 Å². The lowest BCUT2D eigenvalue weighted by molar-refractivity contribution is 0.173. The van der Waals surface area contributed by atoms with Crippen molar-refractivity contribution >= 4 is 11.7 Å². The average molecular weight is 236 g/mol. The van der Waals surface area contributed by atoms with Crippen LogP contribution in [-0.2, 0) is 4.74 Å². The van der Waals surface area contributed by atoms with Crippen molar-refractivity contribution < 1.29 is 9.53 Å². The first-order valence-corrected chi connectivity index (χ1v) is 5.67. The molecule has 94 valence electrons. The number of carbonyl (C=O) groups excluding carboxylic acids is 1. The number of aryl methyl sites for hydroxylation is 1. The monoisotopic (exact) mass is 236 g/mol. The van der Waals surface area contributed by atoms with Gasteiger partial charge in [-0.3, -0.25) is 0 Å². The SMILES string of the molecule is COCC(C)NC(=O)Nc1cccc(C)c1C. The van der Waals surface area contributed by atoms with E-state index in [1.807, 2.05) is 39.0 Å². The lowest BCUT2D eigenvalue weighted by atomic mass is 10.1. The minimum Gasteiger partial charge on any atom is -0.383 e. The Morgan fingerprint density at radius 3 is 2.76 bits per heavy atom. The van der Waals surface area contributed by atoms with Crippen molar-refractivity contribution in [1.82, 2.24) is 5.32 Å². The Morgan fingerprint density at radius 1 is 1.41 bits per heavy atom. The molecule has 1 aromatic rings. The third-order valence-corrected chi connectivity index (χ3v) is 2.65. The van der Waals surface area contributed by atoms with Crippen molar-refractivity contribution in [2.24, 2.45) is 0 Å². The molecule has 0 aliphatic heterocycles. The van der Waals surface area contributed by atoms with Gasteiger partial charge in [0.2, 0.25) is 0 Å². The molecule has 0 saturated heterocycles. The summed E-state index contributed by atoms with van der Waals surface area (Å²) in [4.78, 5) is 11.7. The first-order valence-electron chi connectivity index (χ1n) is 5.67. The highest BCUT2D eigenvalue weighted by molar-refractivity contribution is 5.90. The van der Waals surface area contributed by atoms with Gasteiger partial charge in [0.05, 0.1) is 12.6 Å². The first kappa shape index (κ1) is 13.5. The summed E-state index contributed by atoms with van der Waals surface area (Å²) in [7, 11) is 1.61. The summed E-state index contributed by atoms with van der Waals surface area (Å²) in [6.45, 7) is 6.40. The zero-order valence-electron chi connectivity index (χ0n) is 10.8. The van der Waals surface area contributed by atoms with Gasteiger partial charge in [-0.1, -0.05) is 12.1 Å². The molecular formula is C13H20N2O2. The molecule has 17 heavy (non-hydrogen) atoms. The van der Waals surface area contributed by atoms with E-state index in [-0.39, 0.29) is 12.1 Å². The fraction of sp³-hybridized carbons (Fsp3) is 0.462.